The molecule has 2 aromatic rings. The average molecular weight is 405 g/mol. The fourth-order valence-electron chi connectivity index (χ4n) is 3.71. The number of aliphatic carboxylic acids is 1. The Balaban J connectivity index is 1.38. The smallest absolute Gasteiger partial charge is 0.307 e. The van der Waals surface area contributed by atoms with E-state index < -0.39 is 5.97 Å². The zero-order chi connectivity index (χ0) is 20.9. The topological polar surface area (TPSA) is 73.8 Å². The van der Waals surface area contributed by atoms with E-state index in [0.29, 0.717) is 13.2 Å². The number of hydrogen-bond donors (Lipinski definition) is 3. The molecule has 1 unspecified atom stereocenters. The molecule has 30 heavy (non-hydrogen) atoms. The number of ether oxygens (including phenoxy) is 1. The molecule has 0 saturated heterocycles. The summed E-state index contributed by atoms with van der Waals surface area (Å²) >= 11 is 0. The maximum Gasteiger partial charge on any atom is 0.307 e. The minimum Gasteiger partial charge on any atom is -0.489 e. The molecule has 0 amide bonds. The molecule has 3 N–H and O–H groups in total. The molecule has 6 nitrogen and oxygen atoms in total. The molecular formula is C24H27N3O3. The van der Waals surface area contributed by atoms with Gasteiger partial charge in [-0.1, -0.05) is 37.3 Å². The summed E-state index contributed by atoms with van der Waals surface area (Å²) in [6, 6.07) is 18.2. The Hall–Kier alpha value is -3.25. The van der Waals surface area contributed by atoms with Crippen molar-refractivity contribution in [3.8, 4) is 5.75 Å². The third-order valence-corrected chi connectivity index (χ3v) is 5.50. The van der Waals surface area contributed by atoms with Crippen LogP contribution in [0, 0.1) is 5.92 Å². The van der Waals surface area contributed by atoms with Gasteiger partial charge in [0.15, 0.2) is 0 Å². The predicted molar refractivity (Wildman–Crippen MR) is 116 cm³/mol. The number of benzene rings is 2. The number of nitrogens with zero attached hydrogens (tertiary/aromatic N) is 1. The first-order chi connectivity index (χ1) is 14.6. The van der Waals surface area contributed by atoms with Crippen LogP contribution >= 0.6 is 0 Å². The molecule has 0 fully saturated rings. The highest BCUT2D eigenvalue weighted by atomic mass is 16.5. The van der Waals surface area contributed by atoms with Gasteiger partial charge in [0.2, 0.25) is 0 Å². The number of hydrazine groups is 1. The van der Waals surface area contributed by atoms with E-state index in [-0.39, 0.29) is 5.92 Å². The quantitative estimate of drug-likeness (QED) is 0.656. The van der Waals surface area contributed by atoms with Gasteiger partial charge in [0, 0.05) is 25.3 Å². The Kier molecular flexibility index (Phi) is 6.05. The second-order valence-electron chi connectivity index (χ2n) is 7.83. The fraction of sp³-hybridized carbons (Fsp3) is 0.292. The Labute approximate surface area is 176 Å². The summed E-state index contributed by atoms with van der Waals surface area (Å²) in [6.07, 6.45) is 3.09. The van der Waals surface area contributed by atoms with E-state index in [2.05, 4.69) is 46.1 Å². The van der Waals surface area contributed by atoms with Crippen molar-refractivity contribution < 1.29 is 14.6 Å². The standard InChI is InChI=1S/C24H27N3O3/c1-17(24(28)29)14-27-12-11-20-13-22(25-26-23(20)15-27)19-7-9-21(10-8-19)30-16-18-5-3-2-4-6-18/h2-10,13,17,25-26H,11-12,14-16H2,1H3,(H,28,29). The highest BCUT2D eigenvalue weighted by molar-refractivity contribution is 5.70. The summed E-state index contributed by atoms with van der Waals surface area (Å²) < 4.78 is 5.87. The molecular weight excluding hydrogens is 378 g/mol. The number of carbonyl (C=O) groups is 1. The summed E-state index contributed by atoms with van der Waals surface area (Å²) in [4.78, 5) is 13.3. The first-order valence-corrected chi connectivity index (χ1v) is 10.3. The summed E-state index contributed by atoms with van der Waals surface area (Å²) in [5, 5.41) is 9.13. The van der Waals surface area contributed by atoms with Crippen molar-refractivity contribution in [2.45, 2.75) is 20.0 Å². The molecule has 156 valence electrons. The second-order valence-corrected chi connectivity index (χ2v) is 7.83. The van der Waals surface area contributed by atoms with E-state index in [1.165, 1.54) is 5.57 Å². The molecule has 1 atom stereocenters. The summed E-state index contributed by atoms with van der Waals surface area (Å²) in [5.74, 6) is -0.270. The molecule has 2 aliphatic rings. The van der Waals surface area contributed by atoms with Crippen LogP contribution in [0.25, 0.3) is 5.70 Å². The highest BCUT2D eigenvalue weighted by Crippen LogP contribution is 2.26. The van der Waals surface area contributed by atoms with Crippen LogP contribution in [0.1, 0.15) is 24.5 Å². The molecule has 2 aliphatic heterocycles. The maximum absolute atomic E-state index is 11.1. The first-order valence-electron chi connectivity index (χ1n) is 10.3. The number of allylic oxidation sites excluding steroid dienone is 1. The van der Waals surface area contributed by atoms with Crippen molar-refractivity contribution in [1.82, 2.24) is 15.8 Å². The number of carboxylic acid groups (broad SMARTS) is 1. The highest BCUT2D eigenvalue weighted by Gasteiger charge is 2.24. The normalized spacial score (nSPS) is 17.3. The van der Waals surface area contributed by atoms with Crippen LogP contribution in [0.2, 0.25) is 0 Å². The van der Waals surface area contributed by atoms with Crippen LogP contribution in [-0.4, -0.2) is 35.6 Å². The predicted octanol–water partition coefficient (Wildman–Crippen LogP) is 3.39. The first kappa shape index (κ1) is 20.0. The maximum atomic E-state index is 11.1. The minimum atomic E-state index is -0.747. The van der Waals surface area contributed by atoms with E-state index in [0.717, 1.165) is 47.8 Å². The van der Waals surface area contributed by atoms with Gasteiger partial charge >= 0.3 is 5.97 Å². The minimum absolute atomic E-state index is 0.363. The largest absolute Gasteiger partial charge is 0.489 e. The third kappa shape index (κ3) is 4.83. The van der Waals surface area contributed by atoms with Gasteiger partial charge in [-0.2, -0.15) is 0 Å². The lowest BCUT2D eigenvalue weighted by Crippen LogP contribution is -2.44. The molecule has 0 saturated carbocycles. The molecule has 2 aromatic carbocycles. The summed E-state index contributed by atoms with van der Waals surface area (Å²) in [7, 11) is 0. The Bertz CT molecular complexity index is 951. The lowest BCUT2D eigenvalue weighted by Gasteiger charge is -2.34. The number of hydrogen-bond acceptors (Lipinski definition) is 5. The molecule has 0 aromatic heterocycles. The Morgan fingerprint density at radius 3 is 2.63 bits per heavy atom. The second kappa shape index (κ2) is 9.05. The lowest BCUT2D eigenvalue weighted by atomic mass is 9.99. The molecule has 6 heteroatoms. The van der Waals surface area contributed by atoms with E-state index in [1.807, 2.05) is 30.3 Å². The number of rotatable bonds is 7. The monoisotopic (exact) mass is 405 g/mol. The molecule has 0 bridgehead atoms. The SMILES string of the molecule is CC(CN1CCC2=C(C1)NNC(c1ccc(OCc3ccccc3)cc1)=C2)C(=O)O. The van der Waals surface area contributed by atoms with Crippen molar-refractivity contribution in [3.05, 3.63) is 83.1 Å². The van der Waals surface area contributed by atoms with Gasteiger partial charge in [-0.25, -0.2) is 0 Å². The third-order valence-electron chi connectivity index (χ3n) is 5.50. The van der Waals surface area contributed by atoms with Gasteiger partial charge in [-0.3, -0.25) is 9.69 Å². The zero-order valence-corrected chi connectivity index (χ0v) is 17.1. The van der Waals surface area contributed by atoms with Gasteiger partial charge in [0.1, 0.15) is 12.4 Å². The van der Waals surface area contributed by atoms with Gasteiger partial charge in [-0.05, 0) is 53.5 Å². The van der Waals surface area contributed by atoms with E-state index in [9.17, 15) is 4.79 Å². The van der Waals surface area contributed by atoms with Crippen LogP contribution in [0.4, 0.5) is 0 Å². The van der Waals surface area contributed by atoms with Crippen molar-refractivity contribution in [1.29, 1.82) is 0 Å². The van der Waals surface area contributed by atoms with Crippen molar-refractivity contribution in [2.24, 2.45) is 5.92 Å². The van der Waals surface area contributed by atoms with Crippen molar-refractivity contribution in [3.63, 3.8) is 0 Å². The molecule has 0 radical (unpaired) electrons. The molecule has 2 heterocycles. The van der Waals surface area contributed by atoms with Gasteiger partial charge in [-0.15, -0.1) is 0 Å². The van der Waals surface area contributed by atoms with Crippen LogP contribution in [-0.2, 0) is 11.4 Å². The van der Waals surface area contributed by atoms with Gasteiger partial charge in [0.25, 0.3) is 0 Å². The fourth-order valence-corrected chi connectivity index (χ4v) is 3.71. The Morgan fingerprint density at radius 1 is 1.13 bits per heavy atom. The van der Waals surface area contributed by atoms with Crippen LogP contribution in [0.15, 0.2) is 71.9 Å². The summed E-state index contributed by atoms with van der Waals surface area (Å²) in [6.45, 7) is 4.47. The van der Waals surface area contributed by atoms with E-state index in [1.54, 1.807) is 6.92 Å². The summed E-state index contributed by atoms with van der Waals surface area (Å²) in [5.41, 5.74) is 12.2. The van der Waals surface area contributed by atoms with Crippen molar-refractivity contribution >= 4 is 11.7 Å². The van der Waals surface area contributed by atoms with E-state index >= 15 is 0 Å². The number of carboxylic acids is 1. The molecule has 0 spiro atoms. The average Bonchev–Trinajstić information content (AvgIpc) is 2.78. The Morgan fingerprint density at radius 2 is 1.90 bits per heavy atom. The molecule has 4 rings (SSSR count). The van der Waals surface area contributed by atoms with Gasteiger partial charge < -0.3 is 20.7 Å². The lowest BCUT2D eigenvalue weighted by molar-refractivity contribution is -0.141. The van der Waals surface area contributed by atoms with Crippen LogP contribution in [0.5, 0.6) is 5.75 Å². The molecule has 0 aliphatic carbocycles. The van der Waals surface area contributed by atoms with Crippen molar-refractivity contribution in [2.75, 3.05) is 19.6 Å². The van der Waals surface area contributed by atoms with Crippen LogP contribution in [0.3, 0.4) is 0 Å². The van der Waals surface area contributed by atoms with Gasteiger partial charge in [0.05, 0.1) is 11.6 Å². The van der Waals surface area contributed by atoms with Crippen LogP contribution < -0.4 is 15.6 Å². The van der Waals surface area contributed by atoms with E-state index in [4.69, 9.17) is 9.84 Å². The number of nitrogens with one attached hydrogen (secondary N) is 2. The zero-order valence-electron chi connectivity index (χ0n) is 17.1.